The van der Waals surface area contributed by atoms with Gasteiger partial charge in [0.05, 0.1) is 11.4 Å². The van der Waals surface area contributed by atoms with Crippen molar-refractivity contribution in [2.75, 3.05) is 29.2 Å². The van der Waals surface area contributed by atoms with Crippen molar-refractivity contribution in [3.63, 3.8) is 0 Å². The van der Waals surface area contributed by atoms with E-state index in [9.17, 15) is 9.59 Å². The maximum absolute atomic E-state index is 13.0. The molecule has 0 bridgehead atoms. The molecule has 0 fully saturated rings. The number of carbonyl (C=O) groups is 2. The van der Waals surface area contributed by atoms with Gasteiger partial charge in [0.15, 0.2) is 12.4 Å². The van der Waals surface area contributed by atoms with Gasteiger partial charge in [-0.1, -0.05) is 12.1 Å². The summed E-state index contributed by atoms with van der Waals surface area (Å²) >= 11 is 0. The van der Waals surface area contributed by atoms with Crippen molar-refractivity contribution in [3.05, 3.63) is 48.8 Å². The number of nitrogens with zero attached hydrogens (tertiary/aromatic N) is 3. The Bertz CT molecular complexity index is 812. The average Bonchev–Trinajstić information content (AvgIpc) is 2.56. The predicted molar refractivity (Wildman–Crippen MR) is 97.6 cm³/mol. The zero-order valence-corrected chi connectivity index (χ0v) is 15.0. The topological polar surface area (TPSA) is 56.5 Å². The van der Waals surface area contributed by atoms with Crippen LogP contribution in [-0.4, -0.2) is 31.4 Å². The number of pyridine rings is 1. The maximum atomic E-state index is 13.0. The Morgan fingerprint density at radius 3 is 2.44 bits per heavy atom. The molecule has 0 radical (unpaired) electrons. The van der Waals surface area contributed by atoms with E-state index < -0.39 is 5.54 Å². The van der Waals surface area contributed by atoms with Crippen molar-refractivity contribution in [1.82, 2.24) is 0 Å². The third-order valence-corrected chi connectivity index (χ3v) is 4.47. The zero-order valence-electron chi connectivity index (χ0n) is 15.0. The van der Waals surface area contributed by atoms with Gasteiger partial charge in [-0.3, -0.25) is 14.5 Å². The lowest BCUT2D eigenvalue weighted by Gasteiger charge is -2.41. The van der Waals surface area contributed by atoms with E-state index in [0.717, 1.165) is 11.4 Å². The van der Waals surface area contributed by atoms with Gasteiger partial charge in [-0.25, -0.2) is 0 Å². The van der Waals surface area contributed by atoms with Gasteiger partial charge in [0.2, 0.25) is 12.5 Å². The Labute approximate surface area is 147 Å². The highest BCUT2D eigenvalue weighted by molar-refractivity contribution is 6.13. The highest BCUT2D eigenvalue weighted by atomic mass is 16.2. The summed E-state index contributed by atoms with van der Waals surface area (Å²) in [7, 11) is 3.94. The van der Waals surface area contributed by atoms with Crippen molar-refractivity contribution in [3.8, 4) is 0 Å². The summed E-state index contributed by atoms with van der Waals surface area (Å²) in [5, 5.41) is 2.87. The SMILES string of the molecule is CN(C)c1cc[n+](CC(=O)N2c3ccccc3NC(=O)C2(C)C)cc1. The monoisotopic (exact) mass is 339 g/mol. The number of amides is 2. The molecule has 0 saturated heterocycles. The normalized spacial score (nSPS) is 15.4. The molecule has 0 spiro atoms. The molecule has 0 unspecified atom stereocenters. The largest absolute Gasteiger partial charge is 0.377 e. The van der Waals surface area contributed by atoms with Crippen molar-refractivity contribution < 1.29 is 14.2 Å². The standard InChI is InChI=1S/C19H22N4O2/c1-19(2)18(25)20-15-7-5-6-8-16(15)23(19)17(24)13-22-11-9-14(10-12-22)21(3)4/h5-12H,13H2,1-4H3/p+1. The molecule has 3 rings (SSSR count). The minimum absolute atomic E-state index is 0.130. The molecule has 1 aromatic carbocycles. The van der Waals surface area contributed by atoms with E-state index in [2.05, 4.69) is 5.32 Å². The highest BCUT2D eigenvalue weighted by Gasteiger charge is 2.44. The number of hydrogen-bond acceptors (Lipinski definition) is 3. The van der Waals surface area contributed by atoms with Crippen LogP contribution in [0.5, 0.6) is 0 Å². The van der Waals surface area contributed by atoms with E-state index in [0.29, 0.717) is 5.69 Å². The summed E-state index contributed by atoms with van der Waals surface area (Å²) in [6.45, 7) is 3.69. The first-order valence-corrected chi connectivity index (χ1v) is 8.20. The first-order chi connectivity index (χ1) is 11.8. The molecule has 1 N–H and O–H groups in total. The predicted octanol–water partition coefficient (Wildman–Crippen LogP) is 1.80. The highest BCUT2D eigenvalue weighted by Crippen LogP contribution is 2.36. The Morgan fingerprint density at radius 2 is 1.80 bits per heavy atom. The van der Waals surface area contributed by atoms with Crippen LogP contribution in [0.4, 0.5) is 17.1 Å². The van der Waals surface area contributed by atoms with Gasteiger partial charge in [0.1, 0.15) is 5.54 Å². The van der Waals surface area contributed by atoms with Crippen molar-refractivity contribution in [2.24, 2.45) is 0 Å². The van der Waals surface area contributed by atoms with Crippen LogP contribution < -0.4 is 19.7 Å². The second kappa shape index (κ2) is 6.20. The summed E-state index contributed by atoms with van der Waals surface area (Å²) in [4.78, 5) is 29.1. The van der Waals surface area contributed by atoms with Gasteiger partial charge in [0, 0.05) is 31.9 Å². The Hall–Kier alpha value is -2.89. The minimum atomic E-state index is -0.949. The van der Waals surface area contributed by atoms with E-state index in [1.165, 1.54) is 0 Å². The molecule has 1 aromatic heterocycles. The molecule has 1 aliphatic heterocycles. The summed E-state index contributed by atoms with van der Waals surface area (Å²) in [6.07, 6.45) is 3.74. The molecule has 6 heteroatoms. The van der Waals surface area contributed by atoms with Crippen molar-refractivity contribution in [1.29, 1.82) is 0 Å². The molecule has 2 heterocycles. The Balaban J connectivity index is 1.91. The molecular formula is C19H23N4O2+. The van der Waals surface area contributed by atoms with Gasteiger partial charge in [-0.15, -0.1) is 0 Å². The smallest absolute Gasteiger partial charge is 0.293 e. The molecule has 25 heavy (non-hydrogen) atoms. The van der Waals surface area contributed by atoms with Crippen LogP contribution in [0.25, 0.3) is 0 Å². The fourth-order valence-corrected chi connectivity index (χ4v) is 2.98. The summed E-state index contributed by atoms with van der Waals surface area (Å²) < 4.78 is 1.82. The Morgan fingerprint density at radius 1 is 1.16 bits per heavy atom. The van der Waals surface area contributed by atoms with Crippen molar-refractivity contribution in [2.45, 2.75) is 25.9 Å². The van der Waals surface area contributed by atoms with Crippen molar-refractivity contribution >= 4 is 28.9 Å². The molecule has 2 aromatic rings. The number of nitrogens with one attached hydrogen (secondary N) is 1. The van der Waals surface area contributed by atoms with Crippen LogP contribution in [0.2, 0.25) is 0 Å². The first kappa shape index (κ1) is 17.0. The van der Waals surface area contributed by atoms with Gasteiger partial charge in [-0.2, -0.15) is 4.57 Å². The van der Waals surface area contributed by atoms with Crippen LogP contribution in [0.1, 0.15) is 13.8 Å². The van der Waals surface area contributed by atoms with Crippen LogP contribution in [0.15, 0.2) is 48.8 Å². The molecule has 0 atom stereocenters. The Kier molecular flexibility index (Phi) is 4.20. The number of benzene rings is 1. The van der Waals surface area contributed by atoms with Crippen LogP contribution in [-0.2, 0) is 16.1 Å². The number of aromatic nitrogens is 1. The molecule has 0 aliphatic carbocycles. The fourth-order valence-electron chi connectivity index (χ4n) is 2.98. The number of para-hydroxylation sites is 2. The minimum Gasteiger partial charge on any atom is -0.377 e. The lowest BCUT2D eigenvalue weighted by Crippen LogP contribution is -2.60. The van der Waals surface area contributed by atoms with Gasteiger partial charge >= 0.3 is 0 Å². The number of hydrogen-bond donors (Lipinski definition) is 1. The van der Waals surface area contributed by atoms with Gasteiger partial charge in [0.25, 0.3) is 5.91 Å². The quantitative estimate of drug-likeness (QED) is 0.868. The van der Waals surface area contributed by atoms with E-state index in [4.69, 9.17) is 0 Å². The summed E-state index contributed by atoms with van der Waals surface area (Å²) in [5.41, 5.74) is 1.50. The van der Waals surface area contributed by atoms with Crippen LogP contribution >= 0.6 is 0 Å². The fraction of sp³-hybridized carbons (Fsp3) is 0.316. The van der Waals surface area contributed by atoms with Crippen LogP contribution in [0, 0.1) is 0 Å². The second-order valence-corrected chi connectivity index (χ2v) is 6.88. The zero-order chi connectivity index (χ0) is 18.2. The van der Waals surface area contributed by atoms with E-state index in [-0.39, 0.29) is 18.4 Å². The number of carbonyl (C=O) groups excluding carboxylic acids is 2. The molecule has 130 valence electrons. The summed E-state index contributed by atoms with van der Waals surface area (Å²) in [5.74, 6) is -0.317. The van der Waals surface area contributed by atoms with E-state index in [1.807, 2.05) is 72.4 Å². The number of fused-ring (bicyclic) bond motifs is 1. The third-order valence-electron chi connectivity index (χ3n) is 4.47. The van der Waals surface area contributed by atoms with Crippen LogP contribution in [0.3, 0.4) is 0 Å². The van der Waals surface area contributed by atoms with E-state index in [1.54, 1.807) is 18.7 Å². The maximum Gasteiger partial charge on any atom is 0.293 e. The lowest BCUT2D eigenvalue weighted by atomic mass is 9.96. The molecular weight excluding hydrogens is 316 g/mol. The van der Waals surface area contributed by atoms with Gasteiger partial charge in [-0.05, 0) is 26.0 Å². The first-order valence-electron chi connectivity index (χ1n) is 8.20. The second-order valence-electron chi connectivity index (χ2n) is 6.88. The molecule has 0 saturated carbocycles. The third kappa shape index (κ3) is 3.07. The number of anilines is 3. The lowest BCUT2D eigenvalue weighted by molar-refractivity contribution is -0.684. The molecule has 1 aliphatic rings. The number of rotatable bonds is 3. The van der Waals surface area contributed by atoms with Gasteiger partial charge < -0.3 is 10.2 Å². The molecule has 2 amide bonds. The molecule has 6 nitrogen and oxygen atoms in total. The summed E-state index contributed by atoms with van der Waals surface area (Å²) in [6, 6.07) is 11.3. The average molecular weight is 339 g/mol. The van der Waals surface area contributed by atoms with E-state index >= 15 is 0 Å².